The van der Waals surface area contributed by atoms with E-state index in [1.165, 1.54) is 17.2 Å². The fraction of sp³-hybridized carbons (Fsp3) is 0.333. The van der Waals surface area contributed by atoms with Crippen LogP contribution in [0.15, 0.2) is 36.9 Å². The van der Waals surface area contributed by atoms with E-state index < -0.39 is 44.9 Å². The quantitative estimate of drug-likeness (QED) is 0.288. The average molecular weight is 465 g/mol. The SMILES string of the molecule is Cc1ccccc1C(=O)O[C@@H]1[C@H](O)[C@@H](COP(=O)(O)O)O[C@H]1n1cnc2c(N)ncnc21. The van der Waals surface area contributed by atoms with Crippen molar-refractivity contribution >= 4 is 30.8 Å². The number of esters is 1. The second kappa shape index (κ2) is 8.54. The minimum Gasteiger partial charge on any atom is -0.451 e. The minimum atomic E-state index is -4.83. The van der Waals surface area contributed by atoms with Crippen molar-refractivity contribution in [2.75, 3.05) is 12.3 Å². The van der Waals surface area contributed by atoms with E-state index in [4.69, 9.17) is 25.0 Å². The first kappa shape index (κ1) is 22.3. The van der Waals surface area contributed by atoms with Gasteiger partial charge in [-0.3, -0.25) is 9.09 Å². The van der Waals surface area contributed by atoms with Crippen molar-refractivity contribution in [2.24, 2.45) is 0 Å². The van der Waals surface area contributed by atoms with Gasteiger partial charge in [0.15, 0.2) is 23.8 Å². The number of carbonyl (C=O) groups is 1. The lowest BCUT2D eigenvalue weighted by Gasteiger charge is -2.22. The molecular weight excluding hydrogens is 445 g/mol. The van der Waals surface area contributed by atoms with Gasteiger partial charge >= 0.3 is 13.8 Å². The van der Waals surface area contributed by atoms with E-state index in [2.05, 4.69) is 19.5 Å². The van der Waals surface area contributed by atoms with Gasteiger partial charge in [0, 0.05) is 0 Å². The molecular formula is C18H20N5O8P. The van der Waals surface area contributed by atoms with E-state index in [9.17, 15) is 14.5 Å². The normalized spacial score (nSPS) is 23.5. The number of carbonyl (C=O) groups excluding carboxylic acids is 1. The van der Waals surface area contributed by atoms with Gasteiger partial charge in [-0.1, -0.05) is 18.2 Å². The van der Waals surface area contributed by atoms with Crippen molar-refractivity contribution < 1.29 is 38.3 Å². The first-order valence-electron chi connectivity index (χ1n) is 9.39. The van der Waals surface area contributed by atoms with Crippen LogP contribution in [0.25, 0.3) is 11.2 Å². The summed E-state index contributed by atoms with van der Waals surface area (Å²) in [5.41, 5.74) is 7.29. The first-order valence-corrected chi connectivity index (χ1v) is 10.9. The van der Waals surface area contributed by atoms with Crippen LogP contribution in [-0.4, -0.2) is 65.3 Å². The molecule has 0 amide bonds. The molecule has 1 fully saturated rings. The Morgan fingerprint density at radius 1 is 1.28 bits per heavy atom. The van der Waals surface area contributed by atoms with E-state index in [-0.39, 0.29) is 22.5 Å². The number of phosphoric acid groups is 1. The van der Waals surface area contributed by atoms with Crippen LogP contribution in [0.4, 0.5) is 5.82 Å². The lowest BCUT2D eigenvalue weighted by Crippen LogP contribution is -2.37. The van der Waals surface area contributed by atoms with Crippen LogP contribution in [0.2, 0.25) is 0 Å². The van der Waals surface area contributed by atoms with Gasteiger partial charge in [-0.2, -0.15) is 0 Å². The Hall–Kier alpha value is -2.93. The van der Waals surface area contributed by atoms with E-state index in [1.807, 2.05) is 0 Å². The molecule has 0 radical (unpaired) electrons. The molecule has 1 aromatic carbocycles. The van der Waals surface area contributed by atoms with Crippen LogP contribution in [0.1, 0.15) is 22.1 Å². The number of aryl methyl sites for hydroxylation is 1. The Balaban J connectivity index is 1.67. The van der Waals surface area contributed by atoms with Crippen LogP contribution >= 0.6 is 7.82 Å². The number of aliphatic hydroxyl groups is 1. The number of nitrogens with two attached hydrogens (primary N) is 1. The summed E-state index contributed by atoms with van der Waals surface area (Å²) in [7, 11) is -4.83. The van der Waals surface area contributed by atoms with E-state index in [0.717, 1.165) is 0 Å². The summed E-state index contributed by atoms with van der Waals surface area (Å²) in [6.07, 6.45) is -2.57. The molecule has 0 unspecified atom stereocenters. The molecule has 3 aromatic rings. The number of ether oxygens (including phenoxy) is 2. The first-order chi connectivity index (χ1) is 15.2. The molecule has 3 heterocycles. The molecule has 5 N–H and O–H groups in total. The monoisotopic (exact) mass is 465 g/mol. The number of phosphoric ester groups is 1. The van der Waals surface area contributed by atoms with Gasteiger partial charge in [0.2, 0.25) is 0 Å². The molecule has 0 aliphatic carbocycles. The van der Waals surface area contributed by atoms with Crippen LogP contribution in [-0.2, 0) is 18.6 Å². The number of hydrogen-bond donors (Lipinski definition) is 4. The van der Waals surface area contributed by atoms with Gasteiger partial charge in [-0.25, -0.2) is 24.3 Å². The van der Waals surface area contributed by atoms with Crippen LogP contribution in [0.5, 0.6) is 0 Å². The molecule has 4 atom stereocenters. The molecule has 1 aliphatic rings. The van der Waals surface area contributed by atoms with Crippen molar-refractivity contribution in [3.05, 3.63) is 48.0 Å². The summed E-state index contributed by atoms with van der Waals surface area (Å²) in [6, 6.07) is 6.74. The number of anilines is 1. The van der Waals surface area contributed by atoms with Gasteiger partial charge in [-0.15, -0.1) is 0 Å². The van der Waals surface area contributed by atoms with E-state index in [0.29, 0.717) is 5.56 Å². The molecule has 1 aliphatic heterocycles. The number of aromatic nitrogens is 4. The number of aliphatic hydroxyl groups excluding tert-OH is 1. The number of fused-ring (bicyclic) bond motifs is 1. The smallest absolute Gasteiger partial charge is 0.451 e. The van der Waals surface area contributed by atoms with Crippen molar-refractivity contribution in [3.8, 4) is 0 Å². The summed E-state index contributed by atoms with van der Waals surface area (Å²) < 4.78 is 28.3. The number of imidazole rings is 1. The van der Waals surface area contributed by atoms with Gasteiger partial charge in [0.05, 0.1) is 18.5 Å². The maximum absolute atomic E-state index is 12.8. The van der Waals surface area contributed by atoms with Gasteiger partial charge in [0.25, 0.3) is 0 Å². The van der Waals surface area contributed by atoms with E-state index in [1.54, 1.807) is 31.2 Å². The van der Waals surface area contributed by atoms with Crippen molar-refractivity contribution in [2.45, 2.75) is 31.5 Å². The Kier molecular flexibility index (Phi) is 5.95. The highest BCUT2D eigenvalue weighted by atomic mass is 31.2. The molecule has 2 aromatic heterocycles. The highest BCUT2D eigenvalue weighted by Gasteiger charge is 2.48. The number of nitrogen functional groups attached to an aromatic ring is 1. The molecule has 170 valence electrons. The standard InChI is InChI=1S/C18H20N5O8P/c1-9-4-2-3-5-10(9)18(25)31-14-13(24)11(6-29-32(26,27)28)30-17(14)23-8-22-12-15(19)20-7-21-16(12)23/h2-5,7-8,11,13-14,17,24H,6H2,1H3,(H2,19,20,21)(H2,26,27,28)/t11-,13-,14-,17-/m1/s1. The predicted molar refractivity (Wildman–Crippen MR) is 108 cm³/mol. The molecule has 4 rings (SSSR count). The molecule has 0 saturated carbocycles. The van der Waals surface area contributed by atoms with Crippen LogP contribution < -0.4 is 5.73 Å². The molecule has 32 heavy (non-hydrogen) atoms. The van der Waals surface area contributed by atoms with Crippen LogP contribution in [0, 0.1) is 6.92 Å². The zero-order valence-corrected chi connectivity index (χ0v) is 17.6. The highest BCUT2D eigenvalue weighted by Crippen LogP contribution is 2.40. The number of nitrogens with zero attached hydrogens (tertiary/aromatic N) is 4. The second-order valence-corrected chi connectivity index (χ2v) is 8.35. The fourth-order valence-corrected chi connectivity index (χ4v) is 3.76. The Morgan fingerprint density at radius 2 is 2.03 bits per heavy atom. The maximum atomic E-state index is 12.8. The second-order valence-electron chi connectivity index (χ2n) is 7.11. The molecule has 14 heteroatoms. The third-order valence-electron chi connectivity index (χ3n) is 4.99. The number of rotatable bonds is 6. The van der Waals surface area contributed by atoms with E-state index >= 15 is 0 Å². The fourth-order valence-electron chi connectivity index (χ4n) is 3.42. The Bertz CT molecular complexity index is 1200. The topological polar surface area (TPSA) is 192 Å². The summed E-state index contributed by atoms with van der Waals surface area (Å²) >= 11 is 0. The van der Waals surface area contributed by atoms with Gasteiger partial charge in [-0.05, 0) is 18.6 Å². The Morgan fingerprint density at radius 3 is 2.75 bits per heavy atom. The highest BCUT2D eigenvalue weighted by molar-refractivity contribution is 7.46. The largest absolute Gasteiger partial charge is 0.469 e. The van der Waals surface area contributed by atoms with Crippen LogP contribution in [0.3, 0.4) is 0 Å². The summed E-state index contributed by atoms with van der Waals surface area (Å²) in [5.74, 6) is -0.599. The molecule has 0 bridgehead atoms. The molecule has 0 spiro atoms. The molecule has 13 nitrogen and oxygen atoms in total. The lowest BCUT2D eigenvalue weighted by atomic mass is 10.1. The lowest BCUT2D eigenvalue weighted by molar-refractivity contribution is -0.0558. The number of hydrogen-bond acceptors (Lipinski definition) is 10. The zero-order valence-electron chi connectivity index (χ0n) is 16.7. The summed E-state index contributed by atoms with van der Waals surface area (Å²) in [5, 5.41) is 10.8. The number of benzene rings is 1. The van der Waals surface area contributed by atoms with Crippen molar-refractivity contribution in [3.63, 3.8) is 0 Å². The van der Waals surface area contributed by atoms with Gasteiger partial charge < -0.3 is 30.1 Å². The summed E-state index contributed by atoms with van der Waals surface area (Å²) in [6.45, 7) is 1.08. The van der Waals surface area contributed by atoms with Crippen molar-refractivity contribution in [1.82, 2.24) is 19.5 Å². The molecule has 1 saturated heterocycles. The summed E-state index contributed by atoms with van der Waals surface area (Å²) in [4.78, 5) is 42.9. The minimum absolute atomic E-state index is 0.113. The average Bonchev–Trinajstić information content (AvgIpc) is 3.29. The Labute approximate surface area is 181 Å². The predicted octanol–water partition coefficient (Wildman–Crippen LogP) is 0.310. The van der Waals surface area contributed by atoms with Gasteiger partial charge in [0.1, 0.15) is 24.1 Å². The third-order valence-corrected chi connectivity index (χ3v) is 5.47. The van der Waals surface area contributed by atoms with Crippen molar-refractivity contribution in [1.29, 1.82) is 0 Å². The maximum Gasteiger partial charge on any atom is 0.469 e. The third kappa shape index (κ3) is 4.35. The zero-order chi connectivity index (χ0) is 23.0.